The number of anilines is 1. The molecule has 1 aromatic heterocycles. The molecule has 8 heteroatoms. The summed E-state index contributed by atoms with van der Waals surface area (Å²) >= 11 is 0. The van der Waals surface area contributed by atoms with E-state index in [0.29, 0.717) is 13.1 Å². The van der Waals surface area contributed by atoms with Crippen molar-refractivity contribution in [3.05, 3.63) is 24.0 Å². The minimum absolute atomic E-state index is 0.0134. The summed E-state index contributed by atoms with van der Waals surface area (Å²) < 4.78 is 27.9. The van der Waals surface area contributed by atoms with E-state index < -0.39 is 16.2 Å². The van der Waals surface area contributed by atoms with E-state index in [9.17, 15) is 13.2 Å². The number of hydrogen-bond acceptors (Lipinski definition) is 4. The predicted molar refractivity (Wildman–Crippen MR) is 69.2 cm³/mol. The highest BCUT2D eigenvalue weighted by molar-refractivity contribution is 7.90. The Balaban J connectivity index is 2.22. The van der Waals surface area contributed by atoms with Crippen LogP contribution in [0.5, 0.6) is 0 Å². The monoisotopic (exact) mass is 285 g/mol. The lowest BCUT2D eigenvalue weighted by molar-refractivity contribution is 0.0692. The average molecular weight is 285 g/mol. The number of carboxylic acids is 1. The Kier molecular flexibility index (Phi) is 4.01. The summed E-state index contributed by atoms with van der Waals surface area (Å²) in [5.41, 5.74) is -0.316. The third kappa shape index (κ3) is 3.21. The molecule has 1 aliphatic heterocycles. The van der Waals surface area contributed by atoms with Gasteiger partial charge in [0.2, 0.25) is 0 Å². The fourth-order valence-electron chi connectivity index (χ4n) is 1.97. The molecule has 0 spiro atoms. The number of hydrogen-bond donors (Lipinski definition) is 2. The van der Waals surface area contributed by atoms with Gasteiger partial charge < -0.3 is 5.11 Å². The van der Waals surface area contributed by atoms with Crippen molar-refractivity contribution in [3.8, 4) is 0 Å². The van der Waals surface area contributed by atoms with Gasteiger partial charge in [0.15, 0.2) is 5.69 Å². The summed E-state index contributed by atoms with van der Waals surface area (Å²) in [6, 6.07) is 2.87. The van der Waals surface area contributed by atoms with Crippen LogP contribution < -0.4 is 4.72 Å². The molecule has 0 radical (unpaired) electrons. The largest absolute Gasteiger partial charge is 0.476 e. The molecule has 1 fully saturated rings. The molecule has 0 aliphatic carbocycles. The van der Waals surface area contributed by atoms with Crippen molar-refractivity contribution in [1.82, 2.24) is 9.29 Å². The zero-order chi connectivity index (χ0) is 13.9. The molecule has 0 bridgehead atoms. The van der Waals surface area contributed by atoms with E-state index >= 15 is 0 Å². The summed E-state index contributed by atoms with van der Waals surface area (Å²) in [7, 11) is -3.71. The molecule has 2 rings (SSSR count). The molecule has 2 N–H and O–H groups in total. The van der Waals surface area contributed by atoms with Gasteiger partial charge in [-0.15, -0.1) is 0 Å². The maximum absolute atomic E-state index is 12.1. The summed E-state index contributed by atoms with van der Waals surface area (Å²) in [6.07, 6.45) is 3.96. The van der Waals surface area contributed by atoms with Gasteiger partial charge in [-0.25, -0.2) is 9.78 Å². The summed E-state index contributed by atoms with van der Waals surface area (Å²) in [4.78, 5) is 14.6. The second-order valence-corrected chi connectivity index (χ2v) is 5.94. The number of piperidine rings is 1. The van der Waals surface area contributed by atoms with Crippen molar-refractivity contribution in [1.29, 1.82) is 0 Å². The molecular weight excluding hydrogens is 270 g/mol. The van der Waals surface area contributed by atoms with Gasteiger partial charge in [-0.2, -0.15) is 12.7 Å². The zero-order valence-electron chi connectivity index (χ0n) is 10.2. The first kappa shape index (κ1) is 13.8. The van der Waals surface area contributed by atoms with Gasteiger partial charge in [0.25, 0.3) is 0 Å². The number of carboxylic acid groups (broad SMARTS) is 1. The van der Waals surface area contributed by atoms with Crippen LogP contribution >= 0.6 is 0 Å². The SMILES string of the molecule is O=C(O)c1ncccc1NS(=O)(=O)N1CCCCC1. The highest BCUT2D eigenvalue weighted by Gasteiger charge is 2.25. The van der Waals surface area contributed by atoms with Gasteiger partial charge in [0, 0.05) is 19.3 Å². The molecule has 0 aromatic carbocycles. The number of carbonyl (C=O) groups is 1. The van der Waals surface area contributed by atoms with Crippen LogP contribution in [-0.4, -0.2) is 41.9 Å². The molecule has 0 amide bonds. The molecule has 7 nitrogen and oxygen atoms in total. The van der Waals surface area contributed by atoms with E-state index in [-0.39, 0.29) is 11.4 Å². The van der Waals surface area contributed by atoms with Gasteiger partial charge in [0.05, 0.1) is 5.69 Å². The van der Waals surface area contributed by atoms with Gasteiger partial charge >= 0.3 is 16.2 Å². The maximum atomic E-state index is 12.1. The highest BCUT2D eigenvalue weighted by atomic mass is 32.2. The van der Waals surface area contributed by atoms with E-state index in [1.807, 2.05) is 0 Å². The molecular formula is C11H15N3O4S. The molecule has 1 aromatic rings. The number of aromatic nitrogens is 1. The summed E-state index contributed by atoms with van der Waals surface area (Å²) in [5, 5.41) is 8.96. The van der Waals surface area contributed by atoms with Gasteiger partial charge in [-0.3, -0.25) is 4.72 Å². The quantitative estimate of drug-likeness (QED) is 0.857. The standard InChI is InChI=1S/C11H15N3O4S/c15-11(16)10-9(5-4-6-12-10)13-19(17,18)14-7-2-1-3-8-14/h4-6,13H,1-3,7-8H2,(H,15,16). The third-order valence-corrected chi connectivity index (χ3v) is 4.43. The molecule has 104 valence electrons. The van der Waals surface area contributed by atoms with E-state index in [2.05, 4.69) is 9.71 Å². The second-order valence-electron chi connectivity index (χ2n) is 4.27. The van der Waals surface area contributed by atoms with Crippen molar-refractivity contribution in [2.24, 2.45) is 0 Å². The minimum atomic E-state index is -3.71. The zero-order valence-corrected chi connectivity index (χ0v) is 11.1. The van der Waals surface area contributed by atoms with Crippen molar-refractivity contribution in [2.75, 3.05) is 17.8 Å². The third-order valence-electron chi connectivity index (χ3n) is 2.90. The number of nitrogens with one attached hydrogen (secondary N) is 1. The Labute approximate surface area is 111 Å². The number of nitrogens with zero attached hydrogens (tertiary/aromatic N) is 2. The summed E-state index contributed by atoms with van der Waals surface area (Å²) in [5.74, 6) is -1.27. The number of aromatic carboxylic acids is 1. The van der Waals surface area contributed by atoms with Crippen LogP contribution in [0, 0.1) is 0 Å². The fraction of sp³-hybridized carbons (Fsp3) is 0.455. The normalized spacial score (nSPS) is 17.1. The molecule has 0 unspecified atom stereocenters. The Morgan fingerprint density at radius 3 is 2.63 bits per heavy atom. The highest BCUT2D eigenvalue weighted by Crippen LogP contribution is 2.18. The van der Waals surface area contributed by atoms with Gasteiger partial charge in [-0.1, -0.05) is 6.42 Å². The van der Waals surface area contributed by atoms with Crippen LogP contribution in [-0.2, 0) is 10.2 Å². The fourth-order valence-corrected chi connectivity index (χ4v) is 3.28. The van der Waals surface area contributed by atoms with Crippen LogP contribution in [0.3, 0.4) is 0 Å². The van der Waals surface area contributed by atoms with Crippen LogP contribution in [0.4, 0.5) is 5.69 Å². The van der Waals surface area contributed by atoms with Crippen molar-refractivity contribution in [2.45, 2.75) is 19.3 Å². The molecule has 19 heavy (non-hydrogen) atoms. The smallest absolute Gasteiger partial charge is 0.356 e. The maximum Gasteiger partial charge on any atom is 0.356 e. The Hall–Kier alpha value is -1.67. The van der Waals surface area contributed by atoms with Crippen molar-refractivity contribution < 1.29 is 18.3 Å². The second kappa shape index (κ2) is 5.54. The lowest BCUT2D eigenvalue weighted by atomic mass is 10.2. The molecule has 1 aliphatic rings. The Morgan fingerprint density at radius 2 is 2.00 bits per heavy atom. The minimum Gasteiger partial charge on any atom is -0.476 e. The molecule has 1 saturated heterocycles. The molecule has 0 atom stereocenters. The van der Waals surface area contributed by atoms with Crippen LogP contribution in [0.2, 0.25) is 0 Å². The first-order chi connectivity index (χ1) is 9.00. The number of pyridine rings is 1. The van der Waals surface area contributed by atoms with E-state index in [0.717, 1.165) is 19.3 Å². The Bertz CT molecular complexity index is 567. The van der Waals surface area contributed by atoms with E-state index in [4.69, 9.17) is 5.11 Å². The molecule has 2 heterocycles. The Morgan fingerprint density at radius 1 is 1.32 bits per heavy atom. The average Bonchev–Trinajstić information content (AvgIpc) is 2.39. The number of rotatable bonds is 4. The van der Waals surface area contributed by atoms with Gasteiger partial charge in [-0.05, 0) is 25.0 Å². The lowest BCUT2D eigenvalue weighted by Crippen LogP contribution is -2.39. The van der Waals surface area contributed by atoms with Crippen LogP contribution in [0.25, 0.3) is 0 Å². The van der Waals surface area contributed by atoms with Crippen molar-refractivity contribution in [3.63, 3.8) is 0 Å². The molecule has 0 saturated carbocycles. The van der Waals surface area contributed by atoms with E-state index in [1.165, 1.54) is 22.6 Å². The predicted octanol–water partition coefficient (Wildman–Crippen LogP) is 0.922. The summed E-state index contributed by atoms with van der Waals surface area (Å²) in [6.45, 7) is 0.913. The van der Waals surface area contributed by atoms with Crippen molar-refractivity contribution >= 4 is 21.9 Å². The lowest BCUT2D eigenvalue weighted by Gasteiger charge is -2.26. The first-order valence-electron chi connectivity index (χ1n) is 5.97. The van der Waals surface area contributed by atoms with Crippen LogP contribution in [0.15, 0.2) is 18.3 Å². The van der Waals surface area contributed by atoms with E-state index in [1.54, 1.807) is 0 Å². The van der Waals surface area contributed by atoms with Crippen LogP contribution in [0.1, 0.15) is 29.8 Å². The van der Waals surface area contributed by atoms with Gasteiger partial charge in [0.1, 0.15) is 0 Å². The topological polar surface area (TPSA) is 99.6 Å². The first-order valence-corrected chi connectivity index (χ1v) is 7.41.